The van der Waals surface area contributed by atoms with Gasteiger partial charge in [0.15, 0.2) is 11.6 Å². The quantitative estimate of drug-likeness (QED) is 0.606. The van der Waals surface area contributed by atoms with Gasteiger partial charge in [0.2, 0.25) is 0 Å². The normalized spacial score (nSPS) is 10.5. The fourth-order valence-corrected chi connectivity index (χ4v) is 2.47. The molecule has 1 heterocycles. The Morgan fingerprint density at radius 2 is 2.04 bits per heavy atom. The Morgan fingerprint density at radius 1 is 1.24 bits per heavy atom. The third-order valence-corrected chi connectivity index (χ3v) is 4.05. The van der Waals surface area contributed by atoms with Crippen LogP contribution in [-0.4, -0.2) is 26.4 Å². The molecule has 3 aromatic rings. The van der Waals surface area contributed by atoms with Gasteiger partial charge in [-0.05, 0) is 39.7 Å². The lowest BCUT2D eigenvalue weighted by molar-refractivity contribution is 0.155. The minimum Gasteiger partial charge on any atom is -0.444 e. The number of halogens is 1. The molecule has 0 bridgehead atoms. The molecule has 128 valence electrons. The molecule has 0 saturated carbocycles. The minimum absolute atomic E-state index is 0.185. The third kappa shape index (κ3) is 4.43. The maximum absolute atomic E-state index is 12.0. The van der Waals surface area contributed by atoms with Crippen molar-refractivity contribution in [1.82, 2.24) is 15.2 Å². The molecule has 1 aromatic heterocycles. The van der Waals surface area contributed by atoms with Crippen LogP contribution in [0.1, 0.15) is 11.4 Å². The molecule has 0 aliphatic rings. The first-order chi connectivity index (χ1) is 12.2. The van der Waals surface area contributed by atoms with Gasteiger partial charge < -0.3 is 9.84 Å². The molecule has 3 rings (SSSR count). The van der Waals surface area contributed by atoms with Crippen LogP contribution in [0.4, 0.5) is 10.5 Å². The number of aromatic nitrogens is 3. The molecule has 0 atom stereocenters. The van der Waals surface area contributed by atoms with Gasteiger partial charge in [-0.3, -0.25) is 10.4 Å². The first kappa shape index (κ1) is 17.1. The molecule has 0 radical (unpaired) electrons. The number of carbonyl (C=O) groups excluding carboxylic acids is 1. The van der Waals surface area contributed by atoms with Crippen LogP contribution in [0.15, 0.2) is 53.0 Å². The van der Waals surface area contributed by atoms with Gasteiger partial charge in [0.25, 0.3) is 0 Å². The molecule has 0 spiro atoms. The van der Waals surface area contributed by atoms with E-state index in [2.05, 4.69) is 36.4 Å². The van der Waals surface area contributed by atoms with Crippen LogP contribution in [0.5, 0.6) is 0 Å². The van der Waals surface area contributed by atoms with E-state index in [1.165, 1.54) is 0 Å². The molecule has 0 unspecified atom stereocenters. The first-order valence-electron chi connectivity index (χ1n) is 7.45. The van der Waals surface area contributed by atoms with Gasteiger partial charge in [-0.1, -0.05) is 30.3 Å². The number of amides is 1. The Bertz CT molecular complexity index is 867. The number of rotatable bonds is 5. The van der Waals surface area contributed by atoms with Crippen LogP contribution < -0.4 is 5.32 Å². The Labute approximate surface area is 152 Å². The van der Waals surface area contributed by atoms with Crippen molar-refractivity contribution in [1.29, 1.82) is 0 Å². The summed E-state index contributed by atoms with van der Waals surface area (Å²) in [5.74, 6) is 0.798. The molecule has 25 heavy (non-hydrogen) atoms. The SMILES string of the molecule is O=C(Nc1cc(-c2n[nH]c(CO)n2)ccc1Br)OCc1ccccc1. The number of hydrogen-bond acceptors (Lipinski definition) is 5. The molecule has 0 aliphatic carbocycles. The Hall–Kier alpha value is -2.71. The summed E-state index contributed by atoms with van der Waals surface area (Å²) in [6.45, 7) is -0.0365. The van der Waals surface area contributed by atoms with Crippen LogP contribution >= 0.6 is 15.9 Å². The number of hydrogen-bond donors (Lipinski definition) is 3. The molecule has 8 heteroatoms. The van der Waals surface area contributed by atoms with E-state index in [0.717, 1.165) is 5.56 Å². The van der Waals surface area contributed by atoms with Crippen molar-refractivity contribution >= 4 is 27.7 Å². The maximum atomic E-state index is 12.0. The predicted molar refractivity (Wildman–Crippen MR) is 95.7 cm³/mol. The number of aromatic amines is 1. The van der Waals surface area contributed by atoms with Crippen molar-refractivity contribution in [3.8, 4) is 11.4 Å². The van der Waals surface area contributed by atoms with E-state index in [-0.39, 0.29) is 13.2 Å². The second-order valence-corrected chi connectivity index (χ2v) is 6.00. The molecule has 3 N–H and O–H groups in total. The molecule has 0 saturated heterocycles. The average molecular weight is 403 g/mol. The van der Waals surface area contributed by atoms with Crippen molar-refractivity contribution in [3.63, 3.8) is 0 Å². The van der Waals surface area contributed by atoms with Crippen molar-refractivity contribution < 1.29 is 14.6 Å². The van der Waals surface area contributed by atoms with E-state index in [4.69, 9.17) is 9.84 Å². The summed E-state index contributed by atoms with van der Waals surface area (Å²) in [4.78, 5) is 16.2. The molecular weight excluding hydrogens is 388 g/mol. The van der Waals surface area contributed by atoms with Crippen molar-refractivity contribution in [2.45, 2.75) is 13.2 Å². The smallest absolute Gasteiger partial charge is 0.411 e. The number of H-pyrrole nitrogens is 1. The number of benzene rings is 2. The van der Waals surface area contributed by atoms with Gasteiger partial charge in [0.1, 0.15) is 13.2 Å². The molecule has 1 amide bonds. The summed E-state index contributed by atoms with van der Waals surface area (Å²) in [5, 5.41) is 18.4. The van der Waals surface area contributed by atoms with Gasteiger partial charge in [0, 0.05) is 10.0 Å². The second-order valence-electron chi connectivity index (χ2n) is 5.15. The highest BCUT2D eigenvalue weighted by molar-refractivity contribution is 9.10. The van der Waals surface area contributed by atoms with Crippen LogP contribution in [0, 0.1) is 0 Å². The standard InChI is InChI=1S/C17H15BrN4O3/c18-13-7-6-12(16-20-15(9-23)21-22-16)8-14(13)19-17(24)25-10-11-4-2-1-3-5-11/h1-8,23H,9-10H2,(H,19,24)(H,20,21,22). The summed E-state index contributed by atoms with van der Waals surface area (Å²) in [6.07, 6.45) is -0.562. The molecule has 7 nitrogen and oxygen atoms in total. The number of aliphatic hydroxyl groups is 1. The van der Waals surface area contributed by atoms with Crippen molar-refractivity contribution in [2.24, 2.45) is 0 Å². The fourth-order valence-electron chi connectivity index (χ4n) is 2.12. The Kier molecular flexibility index (Phi) is 5.42. The van der Waals surface area contributed by atoms with Crippen molar-refractivity contribution in [3.05, 3.63) is 64.4 Å². The summed E-state index contributed by atoms with van der Waals surface area (Å²) < 4.78 is 5.91. The highest BCUT2D eigenvalue weighted by Gasteiger charge is 2.11. The zero-order valence-electron chi connectivity index (χ0n) is 13.1. The Balaban J connectivity index is 1.69. The van der Waals surface area contributed by atoms with E-state index in [1.807, 2.05) is 30.3 Å². The van der Waals surface area contributed by atoms with Gasteiger partial charge in [-0.2, -0.15) is 5.10 Å². The summed E-state index contributed by atoms with van der Waals surface area (Å²) in [6, 6.07) is 14.7. The largest absolute Gasteiger partial charge is 0.444 e. The first-order valence-corrected chi connectivity index (χ1v) is 8.25. The molecule has 0 aliphatic heterocycles. The maximum Gasteiger partial charge on any atom is 0.411 e. The molecule has 2 aromatic carbocycles. The number of aliphatic hydroxyl groups excluding tert-OH is 1. The fraction of sp³-hybridized carbons (Fsp3) is 0.118. The minimum atomic E-state index is -0.562. The lowest BCUT2D eigenvalue weighted by Crippen LogP contribution is -2.14. The topological polar surface area (TPSA) is 100 Å². The van der Waals surface area contributed by atoms with Crippen LogP contribution in [0.2, 0.25) is 0 Å². The second kappa shape index (κ2) is 7.91. The monoisotopic (exact) mass is 402 g/mol. The van der Waals surface area contributed by atoms with E-state index in [1.54, 1.807) is 18.2 Å². The van der Waals surface area contributed by atoms with Gasteiger partial charge in [0.05, 0.1) is 5.69 Å². The Morgan fingerprint density at radius 3 is 2.76 bits per heavy atom. The van der Waals surface area contributed by atoms with Gasteiger partial charge >= 0.3 is 6.09 Å². The molecular formula is C17H15BrN4O3. The van der Waals surface area contributed by atoms with Crippen LogP contribution in [0.3, 0.4) is 0 Å². The number of nitrogens with one attached hydrogen (secondary N) is 2. The van der Waals surface area contributed by atoms with E-state index in [0.29, 0.717) is 27.4 Å². The number of anilines is 1. The van der Waals surface area contributed by atoms with E-state index < -0.39 is 6.09 Å². The van der Waals surface area contributed by atoms with E-state index >= 15 is 0 Å². The van der Waals surface area contributed by atoms with Crippen molar-refractivity contribution in [2.75, 3.05) is 5.32 Å². The molecule has 0 fully saturated rings. The third-order valence-electron chi connectivity index (χ3n) is 3.36. The highest BCUT2D eigenvalue weighted by atomic mass is 79.9. The lowest BCUT2D eigenvalue weighted by Gasteiger charge is -2.09. The van der Waals surface area contributed by atoms with Crippen LogP contribution in [-0.2, 0) is 18.0 Å². The predicted octanol–water partition coefficient (Wildman–Crippen LogP) is 3.48. The zero-order valence-corrected chi connectivity index (χ0v) is 14.7. The summed E-state index contributed by atoms with van der Waals surface area (Å²) in [5.41, 5.74) is 2.13. The number of nitrogens with zero attached hydrogens (tertiary/aromatic N) is 2. The van der Waals surface area contributed by atoms with Gasteiger partial charge in [-0.15, -0.1) is 0 Å². The zero-order chi connectivity index (χ0) is 17.6. The van der Waals surface area contributed by atoms with Crippen LogP contribution in [0.25, 0.3) is 11.4 Å². The number of carbonyl (C=O) groups is 1. The van der Waals surface area contributed by atoms with E-state index in [9.17, 15) is 4.79 Å². The number of ether oxygens (including phenoxy) is 1. The highest BCUT2D eigenvalue weighted by Crippen LogP contribution is 2.27. The van der Waals surface area contributed by atoms with Gasteiger partial charge in [-0.25, -0.2) is 9.78 Å². The summed E-state index contributed by atoms with van der Waals surface area (Å²) >= 11 is 3.39. The lowest BCUT2D eigenvalue weighted by atomic mass is 10.2. The summed E-state index contributed by atoms with van der Waals surface area (Å²) in [7, 11) is 0. The average Bonchev–Trinajstić information content (AvgIpc) is 3.12.